The van der Waals surface area contributed by atoms with E-state index in [-0.39, 0.29) is 0 Å². The Balaban J connectivity index is 2.49. The lowest BCUT2D eigenvalue weighted by Crippen LogP contribution is -1.95. The maximum atomic E-state index is 13.0. The Morgan fingerprint density at radius 2 is 1.56 bits per heavy atom. The van der Waals surface area contributed by atoms with Gasteiger partial charge in [-0.1, -0.05) is 18.2 Å². The SMILES string of the molecule is NCc1cccc(-c2cc(F)cc(F)c2)c1. The van der Waals surface area contributed by atoms with Crippen LogP contribution in [0.3, 0.4) is 0 Å². The predicted molar refractivity (Wildman–Crippen MR) is 59.7 cm³/mol. The molecule has 0 aliphatic carbocycles. The van der Waals surface area contributed by atoms with Gasteiger partial charge in [0.2, 0.25) is 0 Å². The van der Waals surface area contributed by atoms with Gasteiger partial charge < -0.3 is 5.73 Å². The first-order valence-electron chi connectivity index (χ1n) is 4.94. The summed E-state index contributed by atoms with van der Waals surface area (Å²) in [5.41, 5.74) is 7.73. The Labute approximate surface area is 92.5 Å². The molecule has 0 bridgehead atoms. The summed E-state index contributed by atoms with van der Waals surface area (Å²) >= 11 is 0. The number of benzene rings is 2. The van der Waals surface area contributed by atoms with Crippen molar-refractivity contribution in [1.29, 1.82) is 0 Å². The van der Waals surface area contributed by atoms with E-state index in [0.717, 1.165) is 17.2 Å². The van der Waals surface area contributed by atoms with Crippen LogP contribution in [-0.4, -0.2) is 0 Å². The van der Waals surface area contributed by atoms with Gasteiger partial charge in [0.1, 0.15) is 11.6 Å². The molecule has 0 spiro atoms. The van der Waals surface area contributed by atoms with Crippen molar-refractivity contribution in [2.75, 3.05) is 0 Å². The van der Waals surface area contributed by atoms with Crippen molar-refractivity contribution in [2.45, 2.75) is 6.54 Å². The van der Waals surface area contributed by atoms with Crippen LogP contribution in [0.25, 0.3) is 11.1 Å². The third-order valence-corrected chi connectivity index (χ3v) is 2.36. The predicted octanol–water partition coefficient (Wildman–Crippen LogP) is 3.09. The molecule has 0 aliphatic heterocycles. The summed E-state index contributed by atoms with van der Waals surface area (Å²) in [7, 11) is 0. The maximum Gasteiger partial charge on any atom is 0.126 e. The van der Waals surface area contributed by atoms with Gasteiger partial charge >= 0.3 is 0 Å². The van der Waals surface area contributed by atoms with Crippen LogP contribution < -0.4 is 5.73 Å². The second kappa shape index (κ2) is 4.41. The van der Waals surface area contributed by atoms with Crippen molar-refractivity contribution < 1.29 is 8.78 Å². The number of halogens is 2. The van der Waals surface area contributed by atoms with Gasteiger partial charge in [-0.05, 0) is 34.9 Å². The molecular formula is C13H11F2N. The largest absolute Gasteiger partial charge is 0.326 e. The minimum Gasteiger partial charge on any atom is -0.326 e. The minimum atomic E-state index is -0.576. The summed E-state index contributed by atoms with van der Waals surface area (Å²) in [5.74, 6) is -1.15. The molecule has 0 radical (unpaired) electrons. The fourth-order valence-corrected chi connectivity index (χ4v) is 1.60. The van der Waals surface area contributed by atoms with Gasteiger partial charge in [0.15, 0.2) is 0 Å². The first-order chi connectivity index (χ1) is 7.69. The molecule has 2 aromatic carbocycles. The molecule has 0 atom stereocenters. The molecule has 0 saturated heterocycles. The second-order valence-electron chi connectivity index (χ2n) is 3.56. The number of hydrogen-bond acceptors (Lipinski definition) is 1. The van der Waals surface area contributed by atoms with E-state index in [9.17, 15) is 8.78 Å². The Kier molecular flexibility index (Phi) is 2.97. The third-order valence-electron chi connectivity index (χ3n) is 2.36. The Hall–Kier alpha value is -1.74. The van der Waals surface area contributed by atoms with E-state index in [0.29, 0.717) is 12.1 Å². The van der Waals surface area contributed by atoms with Gasteiger partial charge in [0.25, 0.3) is 0 Å². The number of hydrogen-bond donors (Lipinski definition) is 1. The summed E-state index contributed by atoms with van der Waals surface area (Å²) in [6.45, 7) is 0.408. The van der Waals surface area contributed by atoms with Crippen LogP contribution in [0, 0.1) is 11.6 Å². The average Bonchev–Trinajstić information content (AvgIpc) is 2.28. The first kappa shape index (κ1) is 10.8. The summed E-state index contributed by atoms with van der Waals surface area (Å²) in [4.78, 5) is 0. The smallest absolute Gasteiger partial charge is 0.126 e. The molecular weight excluding hydrogens is 208 g/mol. The monoisotopic (exact) mass is 219 g/mol. The fourth-order valence-electron chi connectivity index (χ4n) is 1.60. The van der Waals surface area contributed by atoms with E-state index < -0.39 is 11.6 Å². The average molecular weight is 219 g/mol. The molecule has 2 aromatic rings. The van der Waals surface area contributed by atoms with Crippen LogP contribution in [0.2, 0.25) is 0 Å². The molecule has 0 aromatic heterocycles. The lowest BCUT2D eigenvalue weighted by molar-refractivity contribution is 0.584. The highest BCUT2D eigenvalue weighted by atomic mass is 19.1. The van der Waals surface area contributed by atoms with E-state index in [1.54, 1.807) is 6.07 Å². The van der Waals surface area contributed by atoms with E-state index in [4.69, 9.17) is 5.73 Å². The van der Waals surface area contributed by atoms with Gasteiger partial charge in [-0.15, -0.1) is 0 Å². The van der Waals surface area contributed by atoms with Crippen LogP contribution in [0.15, 0.2) is 42.5 Å². The maximum absolute atomic E-state index is 13.0. The second-order valence-corrected chi connectivity index (χ2v) is 3.56. The van der Waals surface area contributed by atoms with Crippen LogP contribution in [0.5, 0.6) is 0 Å². The highest BCUT2D eigenvalue weighted by Gasteiger charge is 2.03. The molecule has 2 N–H and O–H groups in total. The van der Waals surface area contributed by atoms with Crippen LogP contribution in [0.4, 0.5) is 8.78 Å². The molecule has 0 saturated carbocycles. The Morgan fingerprint density at radius 3 is 2.19 bits per heavy atom. The van der Waals surface area contributed by atoms with Crippen molar-refractivity contribution in [3.8, 4) is 11.1 Å². The van der Waals surface area contributed by atoms with Gasteiger partial charge in [-0.3, -0.25) is 0 Å². The number of nitrogens with two attached hydrogens (primary N) is 1. The lowest BCUT2D eigenvalue weighted by Gasteiger charge is -2.04. The van der Waals surface area contributed by atoms with E-state index >= 15 is 0 Å². The molecule has 0 aliphatic rings. The standard InChI is InChI=1S/C13H11F2N/c14-12-5-11(6-13(15)7-12)10-3-1-2-9(4-10)8-16/h1-7H,8,16H2. The van der Waals surface area contributed by atoms with Crippen molar-refractivity contribution >= 4 is 0 Å². The molecule has 0 unspecified atom stereocenters. The normalized spacial score (nSPS) is 10.4. The zero-order valence-electron chi connectivity index (χ0n) is 8.58. The molecule has 82 valence electrons. The molecule has 3 heteroatoms. The van der Waals surface area contributed by atoms with Gasteiger partial charge in [0, 0.05) is 12.6 Å². The summed E-state index contributed by atoms with van der Waals surface area (Å²) in [6, 6.07) is 10.8. The molecule has 0 amide bonds. The molecule has 2 rings (SSSR count). The van der Waals surface area contributed by atoms with E-state index in [1.807, 2.05) is 18.2 Å². The number of rotatable bonds is 2. The van der Waals surface area contributed by atoms with Gasteiger partial charge in [0.05, 0.1) is 0 Å². The van der Waals surface area contributed by atoms with Crippen LogP contribution in [-0.2, 0) is 6.54 Å². The van der Waals surface area contributed by atoms with Gasteiger partial charge in [-0.2, -0.15) is 0 Å². The first-order valence-corrected chi connectivity index (χ1v) is 4.94. The van der Waals surface area contributed by atoms with Crippen molar-refractivity contribution in [1.82, 2.24) is 0 Å². The van der Waals surface area contributed by atoms with Crippen LogP contribution >= 0.6 is 0 Å². The summed E-state index contributed by atoms with van der Waals surface area (Å²) in [5, 5.41) is 0. The molecule has 0 fully saturated rings. The van der Waals surface area contributed by atoms with Gasteiger partial charge in [-0.25, -0.2) is 8.78 Å². The topological polar surface area (TPSA) is 26.0 Å². The zero-order valence-corrected chi connectivity index (χ0v) is 8.58. The highest BCUT2D eigenvalue weighted by molar-refractivity contribution is 5.64. The fraction of sp³-hybridized carbons (Fsp3) is 0.0769. The summed E-state index contributed by atoms with van der Waals surface area (Å²) < 4.78 is 26.1. The Morgan fingerprint density at radius 1 is 0.875 bits per heavy atom. The van der Waals surface area contributed by atoms with Crippen molar-refractivity contribution in [3.05, 3.63) is 59.7 Å². The lowest BCUT2D eigenvalue weighted by atomic mass is 10.0. The Bertz CT molecular complexity index is 489. The third kappa shape index (κ3) is 2.25. The molecule has 16 heavy (non-hydrogen) atoms. The molecule has 0 heterocycles. The molecule has 1 nitrogen and oxygen atoms in total. The van der Waals surface area contributed by atoms with Crippen molar-refractivity contribution in [2.24, 2.45) is 5.73 Å². The van der Waals surface area contributed by atoms with E-state index in [1.165, 1.54) is 12.1 Å². The van der Waals surface area contributed by atoms with E-state index in [2.05, 4.69) is 0 Å². The highest BCUT2D eigenvalue weighted by Crippen LogP contribution is 2.22. The van der Waals surface area contributed by atoms with Crippen molar-refractivity contribution in [3.63, 3.8) is 0 Å². The minimum absolute atomic E-state index is 0.408. The quantitative estimate of drug-likeness (QED) is 0.825. The summed E-state index contributed by atoms with van der Waals surface area (Å²) in [6.07, 6.45) is 0. The van der Waals surface area contributed by atoms with Crippen LogP contribution in [0.1, 0.15) is 5.56 Å². The zero-order chi connectivity index (χ0) is 11.5.